The van der Waals surface area contributed by atoms with E-state index in [0.717, 1.165) is 25.7 Å². The first-order valence-corrected chi connectivity index (χ1v) is 19.9. The van der Waals surface area contributed by atoms with Crippen LogP contribution >= 0.6 is 0 Å². The molecule has 0 bridgehead atoms. The summed E-state index contributed by atoms with van der Waals surface area (Å²) in [6.45, 7) is 10.6. The van der Waals surface area contributed by atoms with Crippen LogP contribution in [0, 0.1) is 34.6 Å². The van der Waals surface area contributed by atoms with Crippen LogP contribution in [0.2, 0.25) is 0 Å². The zero-order valence-electron chi connectivity index (χ0n) is 33.4. The lowest BCUT2D eigenvalue weighted by atomic mass is 9.89. The maximum absolute atomic E-state index is 2.37. The van der Waals surface area contributed by atoms with Gasteiger partial charge in [0, 0.05) is 5.92 Å². The summed E-state index contributed by atoms with van der Waals surface area (Å²) in [6, 6.07) is 53.4. The van der Waals surface area contributed by atoms with Crippen molar-refractivity contribution in [2.24, 2.45) is 0 Å². The van der Waals surface area contributed by atoms with Gasteiger partial charge in [0.05, 0.1) is 0 Å². The second-order valence-electron chi connectivity index (χ2n) is 15.3. The van der Waals surface area contributed by atoms with Crippen molar-refractivity contribution in [3.8, 4) is 0 Å². The molecular weight excluding hydrogens is 661 g/mol. The standard InChI is InChI=1S/C47H46.C8H10/c1-35-7-13-38(14-8-35)5-4-6-39-21-27-44(28-22-39)45-29-23-40(24-30-45)19-20-41-25-31-46(32-26-41)47(33-42-15-9-36(2)10-16-42)34-43-17-11-37(3)12-18-43;1-7-3-5-8(2)6-4-7/h7-29,31-33,45H,4-6,30,34H2,1-3H3;3-6H,1-2H3/b20-19+,47-33-;. The van der Waals surface area contributed by atoms with E-state index in [1.54, 1.807) is 0 Å². The van der Waals surface area contributed by atoms with Crippen LogP contribution in [0.15, 0.2) is 175 Å². The molecule has 55 heavy (non-hydrogen) atoms. The van der Waals surface area contributed by atoms with Crippen LogP contribution in [0.1, 0.15) is 85.5 Å². The normalized spacial score (nSPS) is 14.0. The molecule has 0 nitrogen and oxygen atoms in total. The Morgan fingerprint density at radius 2 is 0.945 bits per heavy atom. The van der Waals surface area contributed by atoms with Crippen LogP contribution in [0.3, 0.4) is 0 Å². The van der Waals surface area contributed by atoms with E-state index in [0.29, 0.717) is 5.92 Å². The van der Waals surface area contributed by atoms with E-state index in [9.17, 15) is 0 Å². The van der Waals surface area contributed by atoms with Gasteiger partial charge in [-0.3, -0.25) is 0 Å². The third-order valence-electron chi connectivity index (χ3n) is 10.5. The van der Waals surface area contributed by atoms with Gasteiger partial charge in [0.2, 0.25) is 0 Å². The minimum atomic E-state index is 0.445. The highest BCUT2D eigenvalue weighted by Crippen LogP contribution is 2.29. The topological polar surface area (TPSA) is 0 Å². The summed E-state index contributed by atoms with van der Waals surface area (Å²) in [4.78, 5) is 0. The number of hydrogen-bond donors (Lipinski definition) is 0. The van der Waals surface area contributed by atoms with E-state index in [1.165, 1.54) is 84.3 Å². The molecule has 0 aromatic heterocycles. The molecule has 6 aromatic rings. The van der Waals surface area contributed by atoms with Crippen molar-refractivity contribution in [1.29, 1.82) is 0 Å². The molecule has 0 saturated heterocycles. The summed E-state index contributed by atoms with van der Waals surface area (Å²) in [5.41, 5.74) is 18.5. The zero-order valence-corrected chi connectivity index (χ0v) is 33.4. The Balaban J connectivity index is 0.000000572. The summed E-state index contributed by atoms with van der Waals surface area (Å²) in [7, 11) is 0. The van der Waals surface area contributed by atoms with Crippen molar-refractivity contribution in [1.82, 2.24) is 0 Å². The fourth-order valence-electron chi connectivity index (χ4n) is 6.85. The van der Waals surface area contributed by atoms with E-state index in [4.69, 9.17) is 0 Å². The average Bonchev–Trinajstić information content (AvgIpc) is 3.21. The monoisotopic (exact) mass is 716 g/mol. The van der Waals surface area contributed by atoms with Crippen molar-refractivity contribution in [3.05, 3.63) is 242 Å². The smallest absolute Gasteiger partial charge is 0.00561 e. The summed E-state index contributed by atoms with van der Waals surface area (Å²) >= 11 is 0. The summed E-state index contributed by atoms with van der Waals surface area (Å²) < 4.78 is 0. The lowest BCUT2D eigenvalue weighted by Crippen LogP contribution is -1.99. The Hall–Kier alpha value is -5.72. The van der Waals surface area contributed by atoms with Crippen LogP contribution in [-0.4, -0.2) is 0 Å². The molecule has 0 radical (unpaired) electrons. The van der Waals surface area contributed by atoms with Gasteiger partial charge in [-0.05, 0) is 117 Å². The Morgan fingerprint density at radius 3 is 1.45 bits per heavy atom. The molecule has 1 unspecified atom stereocenters. The van der Waals surface area contributed by atoms with Crippen molar-refractivity contribution in [3.63, 3.8) is 0 Å². The predicted octanol–water partition coefficient (Wildman–Crippen LogP) is 14.6. The number of aryl methyl sites for hydroxylation is 7. The van der Waals surface area contributed by atoms with Gasteiger partial charge in [-0.2, -0.15) is 0 Å². The quantitative estimate of drug-likeness (QED) is 0.117. The minimum absolute atomic E-state index is 0.445. The molecule has 276 valence electrons. The predicted molar refractivity (Wildman–Crippen MR) is 240 cm³/mol. The van der Waals surface area contributed by atoms with Gasteiger partial charge >= 0.3 is 0 Å². The highest BCUT2D eigenvalue weighted by atomic mass is 14.2. The Morgan fingerprint density at radius 1 is 0.491 bits per heavy atom. The molecule has 0 aliphatic heterocycles. The second kappa shape index (κ2) is 19.6. The molecule has 7 rings (SSSR count). The summed E-state index contributed by atoms with van der Waals surface area (Å²) in [5.74, 6) is 0.445. The van der Waals surface area contributed by atoms with Crippen molar-refractivity contribution < 1.29 is 0 Å². The van der Waals surface area contributed by atoms with Gasteiger partial charge in [0.15, 0.2) is 0 Å². The molecule has 0 heteroatoms. The van der Waals surface area contributed by atoms with E-state index < -0.39 is 0 Å². The second-order valence-corrected chi connectivity index (χ2v) is 15.3. The van der Waals surface area contributed by atoms with Crippen LogP contribution in [0.5, 0.6) is 0 Å². The van der Waals surface area contributed by atoms with E-state index >= 15 is 0 Å². The lowest BCUT2D eigenvalue weighted by Gasteiger charge is -2.16. The highest BCUT2D eigenvalue weighted by Gasteiger charge is 2.11. The lowest BCUT2D eigenvalue weighted by molar-refractivity contribution is 0.815. The third kappa shape index (κ3) is 12.4. The van der Waals surface area contributed by atoms with Gasteiger partial charge in [-0.1, -0.05) is 210 Å². The fourth-order valence-corrected chi connectivity index (χ4v) is 6.85. The Bertz CT molecular complexity index is 2180. The molecule has 6 aromatic carbocycles. The Kier molecular flexibility index (Phi) is 13.9. The van der Waals surface area contributed by atoms with Crippen molar-refractivity contribution in [2.75, 3.05) is 0 Å². The van der Waals surface area contributed by atoms with Crippen LogP contribution in [0.4, 0.5) is 0 Å². The van der Waals surface area contributed by atoms with Crippen LogP contribution < -0.4 is 0 Å². The van der Waals surface area contributed by atoms with Crippen molar-refractivity contribution >= 4 is 17.7 Å². The first-order valence-electron chi connectivity index (χ1n) is 19.9. The number of allylic oxidation sites excluding steroid dienone is 6. The Labute approximate surface area is 331 Å². The highest BCUT2D eigenvalue weighted by molar-refractivity contribution is 5.83. The SMILES string of the molecule is Cc1ccc(/C=C(/Cc2ccc(C)cc2)c2ccc(/C=C/C3=CCC(c4ccc(CCCc5ccc(C)cc5)cc4)C=C3)cc2)cc1.Cc1ccc(C)cc1. The molecule has 0 N–H and O–H groups in total. The van der Waals surface area contributed by atoms with E-state index in [2.05, 4.69) is 217 Å². The van der Waals surface area contributed by atoms with Gasteiger partial charge in [-0.15, -0.1) is 0 Å². The van der Waals surface area contributed by atoms with Crippen molar-refractivity contribution in [2.45, 2.75) is 72.6 Å². The summed E-state index contributed by atoms with van der Waals surface area (Å²) in [6.07, 6.45) is 19.2. The summed E-state index contributed by atoms with van der Waals surface area (Å²) in [5, 5.41) is 0. The maximum Gasteiger partial charge on any atom is 0.00561 e. The molecule has 0 saturated carbocycles. The molecule has 0 spiro atoms. The number of benzene rings is 6. The number of hydrogen-bond acceptors (Lipinski definition) is 0. The van der Waals surface area contributed by atoms with Gasteiger partial charge in [0.1, 0.15) is 0 Å². The largest absolute Gasteiger partial charge is 0.0764 e. The molecule has 0 heterocycles. The molecule has 1 atom stereocenters. The molecule has 0 fully saturated rings. The minimum Gasteiger partial charge on any atom is -0.0764 e. The molecule has 1 aliphatic carbocycles. The third-order valence-corrected chi connectivity index (χ3v) is 10.5. The van der Waals surface area contributed by atoms with Crippen LogP contribution in [-0.2, 0) is 19.3 Å². The maximum atomic E-state index is 2.37. The molecule has 0 amide bonds. The van der Waals surface area contributed by atoms with Gasteiger partial charge in [0.25, 0.3) is 0 Å². The number of rotatable bonds is 11. The van der Waals surface area contributed by atoms with Gasteiger partial charge < -0.3 is 0 Å². The molecule has 1 aliphatic rings. The molecular formula is C55H56. The van der Waals surface area contributed by atoms with Crippen LogP contribution in [0.25, 0.3) is 17.7 Å². The fraction of sp³-hybridized carbons (Fsp3) is 0.200. The zero-order chi connectivity index (χ0) is 38.4. The van der Waals surface area contributed by atoms with E-state index in [-0.39, 0.29) is 0 Å². The van der Waals surface area contributed by atoms with Gasteiger partial charge in [-0.25, -0.2) is 0 Å². The first kappa shape index (κ1) is 39.0. The first-order chi connectivity index (χ1) is 26.8. The average molecular weight is 717 g/mol. The van der Waals surface area contributed by atoms with E-state index in [1.807, 2.05) is 0 Å².